The zero-order valence-corrected chi connectivity index (χ0v) is 15.2. The summed E-state index contributed by atoms with van der Waals surface area (Å²) in [6.45, 7) is 1.74. The normalized spacial score (nSPS) is 9.77. The van der Waals surface area contributed by atoms with Crippen molar-refractivity contribution in [3.05, 3.63) is 59.7 Å². The van der Waals surface area contributed by atoms with Gasteiger partial charge in [0, 0.05) is 5.56 Å². The van der Waals surface area contributed by atoms with E-state index in [1.54, 1.807) is 37.4 Å². The summed E-state index contributed by atoms with van der Waals surface area (Å²) in [5.41, 5.74) is 6.24. The van der Waals surface area contributed by atoms with Crippen molar-refractivity contribution >= 4 is 29.1 Å². The average molecular weight is 373 g/mol. The molecule has 0 aromatic heterocycles. The first kappa shape index (κ1) is 19.2. The predicted molar refractivity (Wildman–Crippen MR) is 101 cm³/mol. The fourth-order valence-electron chi connectivity index (χ4n) is 1.97. The third kappa shape index (κ3) is 6.06. The average Bonchev–Trinajstić information content (AvgIpc) is 2.64. The Bertz CT molecular complexity index is 793. The summed E-state index contributed by atoms with van der Waals surface area (Å²) in [5, 5.41) is 2.42. The highest BCUT2D eigenvalue weighted by atomic mass is 32.1. The molecule has 3 N–H and O–H groups in total. The Hall–Kier alpha value is -3.13. The molecule has 0 saturated carbocycles. The summed E-state index contributed by atoms with van der Waals surface area (Å²) in [5.74, 6) is 0.390. The van der Waals surface area contributed by atoms with Gasteiger partial charge in [-0.15, -0.1) is 0 Å². The van der Waals surface area contributed by atoms with Crippen LogP contribution in [0, 0.1) is 6.92 Å². The molecule has 26 heavy (non-hydrogen) atoms. The Kier molecular flexibility index (Phi) is 6.92. The molecule has 0 heterocycles. The minimum Gasteiger partial charge on any atom is -0.497 e. The zero-order valence-electron chi connectivity index (χ0n) is 14.4. The molecule has 2 amide bonds. The summed E-state index contributed by atoms with van der Waals surface area (Å²) in [6.07, 6.45) is 0. The number of carbonyl (C=O) groups is 2. The smallest absolute Gasteiger partial charge is 0.276 e. The topological polar surface area (TPSA) is 88.7 Å². The van der Waals surface area contributed by atoms with Gasteiger partial charge in [0.2, 0.25) is 0 Å². The monoisotopic (exact) mass is 373 g/mol. The summed E-state index contributed by atoms with van der Waals surface area (Å²) >= 11 is 4.97. The first-order valence-corrected chi connectivity index (χ1v) is 8.12. The van der Waals surface area contributed by atoms with E-state index < -0.39 is 11.8 Å². The van der Waals surface area contributed by atoms with Crippen LogP contribution in [0.3, 0.4) is 0 Å². The maximum absolute atomic E-state index is 12.0. The second-order valence-electron chi connectivity index (χ2n) is 5.29. The van der Waals surface area contributed by atoms with Gasteiger partial charge in [-0.25, -0.2) is 0 Å². The van der Waals surface area contributed by atoms with Crippen molar-refractivity contribution in [3.8, 4) is 11.5 Å². The summed E-state index contributed by atoms with van der Waals surface area (Å²) < 4.78 is 10.4. The molecular formula is C18H19N3O4S. The Morgan fingerprint density at radius 1 is 1.04 bits per heavy atom. The molecular weight excluding hydrogens is 354 g/mol. The first-order valence-electron chi connectivity index (χ1n) is 7.71. The minimum absolute atomic E-state index is 0.0327. The molecule has 2 aromatic carbocycles. The van der Waals surface area contributed by atoms with Gasteiger partial charge in [0.25, 0.3) is 11.8 Å². The zero-order chi connectivity index (χ0) is 18.9. The second-order valence-corrected chi connectivity index (χ2v) is 5.70. The molecule has 7 nitrogen and oxygen atoms in total. The fourth-order valence-corrected chi connectivity index (χ4v) is 2.11. The van der Waals surface area contributed by atoms with Crippen LogP contribution in [0.4, 0.5) is 0 Å². The van der Waals surface area contributed by atoms with Crippen LogP contribution in [0.15, 0.2) is 48.5 Å². The molecule has 0 fully saturated rings. The number of thiocarbonyl (C=S) groups is 1. The number of amides is 2. The molecule has 0 aliphatic rings. The first-order chi connectivity index (χ1) is 12.5. The Morgan fingerprint density at radius 3 is 2.42 bits per heavy atom. The largest absolute Gasteiger partial charge is 0.497 e. The molecule has 0 unspecified atom stereocenters. The molecule has 0 radical (unpaired) electrons. The quantitative estimate of drug-likeness (QED) is 0.546. The number of ether oxygens (including phenoxy) is 2. The van der Waals surface area contributed by atoms with Crippen LogP contribution in [0.5, 0.6) is 11.5 Å². The van der Waals surface area contributed by atoms with Gasteiger partial charge in [0.05, 0.1) is 7.11 Å². The number of benzene rings is 2. The molecule has 0 aliphatic carbocycles. The minimum atomic E-state index is -0.437. The van der Waals surface area contributed by atoms with E-state index in [0.717, 1.165) is 5.56 Å². The van der Waals surface area contributed by atoms with Crippen molar-refractivity contribution in [1.82, 2.24) is 16.2 Å². The van der Waals surface area contributed by atoms with E-state index >= 15 is 0 Å². The van der Waals surface area contributed by atoms with E-state index in [1.807, 2.05) is 25.1 Å². The Balaban J connectivity index is 1.73. The lowest BCUT2D eigenvalue weighted by Crippen LogP contribution is -2.49. The lowest BCUT2D eigenvalue weighted by molar-refractivity contribution is -0.123. The maximum Gasteiger partial charge on any atom is 0.276 e. The van der Waals surface area contributed by atoms with E-state index in [2.05, 4.69) is 16.2 Å². The van der Waals surface area contributed by atoms with Crippen molar-refractivity contribution in [1.29, 1.82) is 0 Å². The van der Waals surface area contributed by atoms with Gasteiger partial charge in [-0.3, -0.25) is 25.8 Å². The number of aryl methyl sites for hydroxylation is 1. The molecule has 136 valence electrons. The third-order valence-electron chi connectivity index (χ3n) is 3.25. The van der Waals surface area contributed by atoms with Crippen molar-refractivity contribution in [2.75, 3.05) is 13.7 Å². The van der Waals surface area contributed by atoms with Crippen LogP contribution in [-0.4, -0.2) is 30.6 Å². The Morgan fingerprint density at radius 2 is 1.77 bits per heavy atom. The molecule has 0 spiro atoms. The molecule has 0 aliphatic heterocycles. The lowest BCUT2D eigenvalue weighted by Gasteiger charge is -2.11. The highest BCUT2D eigenvalue weighted by Gasteiger charge is 2.09. The Labute approximate surface area is 156 Å². The van der Waals surface area contributed by atoms with Gasteiger partial charge in [-0.2, -0.15) is 0 Å². The fraction of sp³-hybridized carbons (Fsp3) is 0.167. The van der Waals surface area contributed by atoms with E-state index in [0.29, 0.717) is 17.1 Å². The maximum atomic E-state index is 12.0. The van der Waals surface area contributed by atoms with Crippen molar-refractivity contribution < 1.29 is 19.1 Å². The number of hydrazine groups is 1. The number of nitrogens with one attached hydrogen (secondary N) is 3. The van der Waals surface area contributed by atoms with Crippen LogP contribution < -0.4 is 25.6 Å². The number of hydrogen-bond donors (Lipinski definition) is 3. The SMILES string of the molecule is COc1ccc(C(=O)NC(=S)NNC(=O)COc2cccc(C)c2)cc1. The highest BCUT2D eigenvalue weighted by molar-refractivity contribution is 7.80. The van der Waals surface area contributed by atoms with Gasteiger partial charge in [-0.05, 0) is 61.1 Å². The van der Waals surface area contributed by atoms with Crippen molar-refractivity contribution in [2.24, 2.45) is 0 Å². The number of hydrogen-bond acceptors (Lipinski definition) is 5. The van der Waals surface area contributed by atoms with Crippen LogP contribution in [-0.2, 0) is 4.79 Å². The standard InChI is InChI=1S/C18H19N3O4S/c1-12-4-3-5-15(10-12)25-11-16(22)20-21-18(26)19-17(23)13-6-8-14(24-2)9-7-13/h3-10H,11H2,1-2H3,(H,20,22)(H2,19,21,23,26). The van der Waals surface area contributed by atoms with Crippen LogP contribution in [0.25, 0.3) is 0 Å². The van der Waals surface area contributed by atoms with E-state index in [4.69, 9.17) is 21.7 Å². The highest BCUT2D eigenvalue weighted by Crippen LogP contribution is 2.12. The molecule has 8 heteroatoms. The van der Waals surface area contributed by atoms with Crippen LogP contribution >= 0.6 is 12.2 Å². The molecule has 2 aromatic rings. The molecule has 0 atom stereocenters. The van der Waals surface area contributed by atoms with Crippen LogP contribution in [0.2, 0.25) is 0 Å². The molecule has 0 bridgehead atoms. The summed E-state index contributed by atoms with van der Waals surface area (Å²) in [7, 11) is 1.54. The van der Waals surface area contributed by atoms with Gasteiger partial charge in [0.1, 0.15) is 11.5 Å². The summed E-state index contributed by atoms with van der Waals surface area (Å²) in [4.78, 5) is 23.8. The van der Waals surface area contributed by atoms with Gasteiger partial charge in [0.15, 0.2) is 11.7 Å². The van der Waals surface area contributed by atoms with E-state index in [1.165, 1.54) is 0 Å². The van der Waals surface area contributed by atoms with Gasteiger partial charge < -0.3 is 9.47 Å². The van der Waals surface area contributed by atoms with Crippen molar-refractivity contribution in [3.63, 3.8) is 0 Å². The number of rotatable bonds is 5. The number of methoxy groups -OCH3 is 1. The van der Waals surface area contributed by atoms with Gasteiger partial charge in [-0.1, -0.05) is 12.1 Å². The number of carbonyl (C=O) groups excluding carboxylic acids is 2. The third-order valence-corrected chi connectivity index (χ3v) is 3.46. The molecule has 0 saturated heterocycles. The second kappa shape index (κ2) is 9.38. The van der Waals surface area contributed by atoms with Gasteiger partial charge >= 0.3 is 0 Å². The van der Waals surface area contributed by atoms with Crippen LogP contribution in [0.1, 0.15) is 15.9 Å². The van der Waals surface area contributed by atoms with E-state index in [-0.39, 0.29) is 11.7 Å². The molecule has 2 rings (SSSR count). The van der Waals surface area contributed by atoms with Crippen molar-refractivity contribution in [2.45, 2.75) is 6.92 Å². The van der Waals surface area contributed by atoms with E-state index in [9.17, 15) is 9.59 Å². The summed E-state index contributed by atoms with van der Waals surface area (Å²) in [6, 6.07) is 13.9. The lowest BCUT2D eigenvalue weighted by atomic mass is 10.2. The predicted octanol–water partition coefficient (Wildman–Crippen LogP) is 1.72.